The van der Waals surface area contributed by atoms with E-state index in [2.05, 4.69) is 151 Å². The average Bonchev–Trinajstić information content (AvgIpc) is 3.66. The van der Waals surface area contributed by atoms with Gasteiger partial charge in [-0.15, -0.1) is 0 Å². The number of fused-ring (bicyclic) bond motifs is 1. The first kappa shape index (κ1) is 32.4. The minimum atomic E-state index is 0.0109. The van der Waals surface area contributed by atoms with Crippen LogP contribution in [0.2, 0.25) is 0 Å². The van der Waals surface area contributed by atoms with E-state index in [1.807, 2.05) is 23.1 Å². The molecule has 0 bridgehead atoms. The van der Waals surface area contributed by atoms with E-state index in [1.54, 1.807) is 0 Å². The number of pyridine rings is 1. The SMILES string of the molecule is CC(C)c1cc(C(C)C)c(-c2cc(Oc3ccc4cnn(-c5cc(C(C)(C)C)ccn5)c4c3)cc(N3C=CN(C)C3)c2)c(C(C)C)c1. The summed E-state index contributed by atoms with van der Waals surface area (Å²) in [5.41, 5.74) is 9.94. The van der Waals surface area contributed by atoms with Gasteiger partial charge in [-0.25, -0.2) is 9.67 Å². The highest BCUT2D eigenvalue weighted by Crippen LogP contribution is 2.42. The molecule has 0 spiro atoms. The number of benzene rings is 3. The van der Waals surface area contributed by atoms with Crippen LogP contribution in [0.3, 0.4) is 0 Å². The van der Waals surface area contributed by atoms with Crippen LogP contribution >= 0.6 is 0 Å². The quantitative estimate of drug-likeness (QED) is 0.171. The van der Waals surface area contributed by atoms with Gasteiger partial charge in [0.2, 0.25) is 0 Å². The molecule has 3 aromatic carbocycles. The van der Waals surface area contributed by atoms with Crippen LogP contribution in [0.4, 0.5) is 5.69 Å². The zero-order chi connectivity index (χ0) is 33.6. The van der Waals surface area contributed by atoms with Crippen LogP contribution in [-0.4, -0.2) is 33.4 Å². The predicted octanol–water partition coefficient (Wildman–Crippen LogP) is 10.7. The van der Waals surface area contributed by atoms with Gasteiger partial charge in [0, 0.05) is 48.9 Å². The van der Waals surface area contributed by atoms with Gasteiger partial charge in [0.15, 0.2) is 5.82 Å². The fourth-order valence-corrected chi connectivity index (χ4v) is 6.32. The van der Waals surface area contributed by atoms with E-state index in [0.717, 1.165) is 40.6 Å². The molecule has 0 saturated carbocycles. The Balaban J connectivity index is 1.47. The maximum Gasteiger partial charge on any atom is 0.154 e. The molecule has 6 heteroatoms. The second kappa shape index (κ2) is 12.6. The van der Waals surface area contributed by atoms with Crippen molar-refractivity contribution in [2.45, 2.75) is 85.5 Å². The number of nitrogens with zero attached hydrogens (tertiary/aromatic N) is 5. The van der Waals surface area contributed by atoms with Crippen molar-refractivity contribution in [3.8, 4) is 28.4 Å². The Morgan fingerprint density at radius 3 is 2.11 bits per heavy atom. The molecule has 0 N–H and O–H groups in total. The van der Waals surface area contributed by atoms with E-state index in [9.17, 15) is 0 Å². The Morgan fingerprint density at radius 2 is 1.49 bits per heavy atom. The smallest absolute Gasteiger partial charge is 0.154 e. The van der Waals surface area contributed by atoms with Crippen LogP contribution in [0, 0.1) is 0 Å². The second-order valence-corrected chi connectivity index (χ2v) is 15.0. The third-order valence-corrected chi connectivity index (χ3v) is 9.13. The Hall–Kier alpha value is -4.58. The number of ether oxygens (including phenoxy) is 1. The topological polar surface area (TPSA) is 46.4 Å². The molecule has 5 aromatic rings. The largest absolute Gasteiger partial charge is 0.457 e. The van der Waals surface area contributed by atoms with Gasteiger partial charge in [-0.3, -0.25) is 0 Å². The minimum absolute atomic E-state index is 0.0109. The predicted molar refractivity (Wildman–Crippen MR) is 196 cm³/mol. The first-order chi connectivity index (χ1) is 22.3. The van der Waals surface area contributed by atoms with Crippen LogP contribution in [0.15, 0.2) is 85.5 Å². The minimum Gasteiger partial charge on any atom is -0.457 e. The summed E-state index contributed by atoms with van der Waals surface area (Å²) in [6.07, 6.45) is 8.01. The fraction of sp³-hybridized carbons (Fsp3) is 0.366. The van der Waals surface area contributed by atoms with Gasteiger partial charge in [0.05, 0.1) is 18.4 Å². The van der Waals surface area contributed by atoms with Crippen LogP contribution < -0.4 is 9.64 Å². The summed E-state index contributed by atoms with van der Waals surface area (Å²) >= 11 is 0. The van der Waals surface area contributed by atoms with E-state index < -0.39 is 0 Å². The van der Waals surface area contributed by atoms with Crippen molar-refractivity contribution in [2.75, 3.05) is 18.6 Å². The first-order valence-electron chi connectivity index (χ1n) is 16.9. The molecule has 0 radical (unpaired) electrons. The van der Waals surface area contributed by atoms with Crippen molar-refractivity contribution < 1.29 is 4.74 Å². The summed E-state index contributed by atoms with van der Waals surface area (Å²) in [6, 6.07) is 21.9. The monoisotopic (exact) mass is 627 g/mol. The normalized spacial score (nSPS) is 13.6. The maximum absolute atomic E-state index is 6.75. The first-order valence-corrected chi connectivity index (χ1v) is 16.9. The molecule has 2 aromatic heterocycles. The lowest BCUT2D eigenvalue weighted by molar-refractivity contribution is 0.481. The molecule has 6 nitrogen and oxygen atoms in total. The van der Waals surface area contributed by atoms with Crippen LogP contribution in [0.5, 0.6) is 11.5 Å². The molecule has 0 atom stereocenters. The number of aromatic nitrogens is 3. The Kier molecular flexibility index (Phi) is 8.64. The van der Waals surface area contributed by atoms with Crippen molar-refractivity contribution in [3.63, 3.8) is 0 Å². The van der Waals surface area contributed by atoms with Gasteiger partial charge in [-0.05, 0) is 92.9 Å². The average molecular weight is 628 g/mol. The molecule has 244 valence electrons. The summed E-state index contributed by atoms with van der Waals surface area (Å²) in [6.45, 7) is 21.2. The van der Waals surface area contributed by atoms with E-state index in [0.29, 0.717) is 17.8 Å². The van der Waals surface area contributed by atoms with Crippen LogP contribution in [0.25, 0.3) is 27.8 Å². The highest BCUT2D eigenvalue weighted by Gasteiger charge is 2.22. The second-order valence-electron chi connectivity index (χ2n) is 15.0. The lowest BCUT2D eigenvalue weighted by Gasteiger charge is -2.25. The highest BCUT2D eigenvalue weighted by molar-refractivity contribution is 5.82. The Morgan fingerprint density at radius 1 is 0.766 bits per heavy atom. The molecule has 6 rings (SSSR count). The van der Waals surface area contributed by atoms with Crippen molar-refractivity contribution in [3.05, 3.63) is 108 Å². The number of hydrogen-bond donors (Lipinski definition) is 0. The zero-order valence-electron chi connectivity index (χ0n) is 29.7. The van der Waals surface area contributed by atoms with Crippen molar-refractivity contribution >= 4 is 16.6 Å². The van der Waals surface area contributed by atoms with Gasteiger partial charge in [-0.1, -0.05) is 74.4 Å². The Labute approximate surface area is 280 Å². The molecule has 0 aliphatic carbocycles. The third-order valence-electron chi connectivity index (χ3n) is 9.13. The zero-order valence-corrected chi connectivity index (χ0v) is 29.7. The Bertz CT molecular complexity index is 1910. The molecule has 0 fully saturated rings. The molecule has 3 heterocycles. The van der Waals surface area contributed by atoms with Gasteiger partial charge in [-0.2, -0.15) is 5.10 Å². The molecule has 1 aliphatic heterocycles. The molecule has 0 unspecified atom stereocenters. The van der Waals surface area contributed by atoms with Gasteiger partial charge < -0.3 is 14.5 Å². The number of rotatable bonds is 8. The van der Waals surface area contributed by atoms with Crippen molar-refractivity contribution in [1.29, 1.82) is 0 Å². The van der Waals surface area contributed by atoms with Crippen molar-refractivity contribution in [2.24, 2.45) is 0 Å². The summed E-state index contributed by atoms with van der Waals surface area (Å²) in [4.78, 5) is 9.13. The summed E-state index contributed by atoms with van der Waals surface area (Å²) in [5, 5.41) is 5.75. The third kappa shape index (κ3) is 6.64. The van der Waals surface area contributed by atoms with Crippen LogP contribution in [-0.2, 0) is 5.41 Å². The van der Waals surface area contributed by atoms with Crippen molar-refractivity contribution in [1.82, 2.24) is 19.7 Å². The van der Waals surface area contributed by atoms with Gasteiger partial charge in [0.1, 0.15) is 11.5 Å². The van der Waals surface area contributed by atoms with E-state index >= 15 is 0 Å². The molecule has 0 amide bonds. The standard InChI is InChI=1S/C41H49N5O/c1-26(2)30-19-36(27(3)4)40(37(20-30)28(5)6)31-17-33(45-16-15-44(10)25-45)22-35(18-31)47-34-12-11-29-24-43-46(38(29)23-34)39-21-32(13-14-42-39)41(7,8)9/h11-24,26-28H,25H2,1-10H3. The summed E-state index contributed by atoms with van der Waals surface area (Å²) in [7, 11) is 2.10. The van der Waals surface area contributed by atoms with Crippen LogP contribution in [0.1, 0.15) is 102 Å². The highest BCUT2D eigenvalue weighted by atomic mass is 16.5. The molecule has 47 heavy (non-hydrogen) atoms. The molecular weight excluding hydrogens is 578 g/mol. The maximum atomic E-state index is 6.75. The summed E-state index contributed by atoms with van der Waals surface area (Å²) in [5.74, 6) is 3.57. The summed E-state index contributed by atoms with van der Waals surface area (Å²) < 4.78 is 8.66. The fourth-order valence-electron chi connectivity index (χ4n) is 6.32. The van der Waals surface area contributed by atoms with E-state index in [1.165, 1.54) is 33.4 Å². The number of hydrogen-bond acceptors (Lipinski definition) is 5. The van der Waals surface area contributed by atoms with E-state index in [-0.39, 0.29) is 5.41 Å². The molecular formula is C41H49N5O. The lowest BCUT2D eigenvalue weighted by atomic mass is 9.81. The molecule has 1 aliphatic rings. The van der Waals surface area contributed by atoms with Gasteiger partial charge in [0.25, 0.3) is 0 Å². The number of anilines is 1. The van der Waals surface area contributed by atoms with E-state index in [4.69, 9.17) is 9.84 Å². The van der Waals surface area contributed by atoms with Gasteiger partial charge >= 0.3 is 0 Å². The lowest BCUT2D eigenvalue weighted by Crippen LogP contribution is -2.21. The molecule has 0 saturated heterocycles.